The van der Waals surface area contributed by atoms with Crippen molar-refractivity contribution in [1.82, 2.24) is 9.55 Å². The summed E-state index contributed by atoms with van der Waals surface area (Å²) in [7, 11) is 0. The van der Waals surface area contributed by atoms with E-state index in [9.17, 15) is 0 Å². The Labute approximate surface area is 379 Å². The van der Waals surface area contributed by atoms with Crippen molar-refractivity contribution in [2.24, 2.45) is 0 Å². The Balaban J connectivity index is 0.00000311. The molecule has 7 aromatic rings. The van der Waals surface area contributed by atoms with E-state index in [0.717, 1.165) is 50.1 Å². The molecular formula is C55H61N4OPt-3. The SMILES string of the molecule is CC(C)(C)c1cc(Oc2[c-]c3c(cc2)c2ccccc2n3-c2cc(C(C)(C)C)ccn2)[c-]c(N2CN(c3cc(C(C)(C)C)cc(C(C)(C)C)c3)C=C2c2ccccc2)c1.[CH3-].[Pt]. The summed E-state index contributed by atoms with van der Waals surface area (Å²) < 4.78 is 9.05. The van der Waals surface area contributed by atoms with Gasteiger partial charge in [0.25, 0.3) is 0 Å². The molecule has 0 fully saturated rings. The van der Waals surface area contributed by atoms with Gasteiger partial charge in [0.1, 0.15) is 5.82 Å². The first-order chi connectivity index (χ1) is 27.7. The molecule has 61 heavy (non-hydrogen) atoms. The number of pyridine rings is 1. The molecule has 0 amide bonds. The number of benzene rings is 5. The zero-order valence-corrected chi connectivity index (χ0v) is 40.5. The molecule has 2 aromatic heterocycles. The van der Waals surface area contributed by atoms with Gasteiger partial charge in [0, 0.05) is 56.2 Å². The molecule has 0 aliphatic carbocycles. The van der Waals surface area contributed by atoms with E-state index in [0.29, 0.717) is 18.2 Å². The van der Waals surface area contributed by atoms with E-state index in [1.165, 1.54) is 22.4 Å². The molecule has 5 aromatic carbocycles. The minimum atomic E-state index is -0.148. The molecule has 8 rings (SSSR count). The molecular weight excluding hydrogens is 928 g/mol. The number of aromatic nitrogens is 2. The maximum atomic E-state index is 6.84. The topological polar surface area (TPSA) is 33.5 Å². The molecule has 0 saturated carbocycles. The van der Waals surface area contributed by atoms with Crippen molar-refractivity contribution in [1.29, 1.82) is 0 Å². The van der Waals surface area contributed by atoms with Crippen LogP contribution in [0.4, 0.5) is 11.4 Å². The second-order valence-corrected chi connectivity index (χ2v) is 20.2. The van der Waals surface area contributed by atoms with Gasteiger partial charge in [-0.25, -0.2) is 4.98 Å². The van der Waals surface area contributed by atoms with Crippen LogP contribution >= 0.6 is 0 Å². The van der Waals surface area contributed by atoms with Crippen molar-refractivity contribution in [3.05, 3.63) is 169 Å². The molecule has 0 radical (unpaired) electrons. The molecule has 0 spiro atoms. The van der Waals surface area contributed by atoms with Crippen LogP contribution in [0.25, 0.3) is 33.3 Å². The van der Waals surface area contributed by atoms with Gasteiger partial charge in [-0.2, -0.15) is 6.07 Å². The normalized spacial score (nSPS) is 13.6. The first-order valence-corrected chi connectivity index (χ1v) is 20.9. The average molecular weight is 989 g/mol. The average Bonchev–Trinajstić information content (AvgIpc) is 3.77. The summed E-state index contributed by atoms with van der Waals surface area (Å²) in [4.78, 5) is 9.63. The van der Waals surface area contributed by atoms with Crippen LogP contribution < -0.4 is 14.5 Å². The van der Waals surface area contributed by atoms with Crippen molar-refractivity contribution in [3.63, 3.8) is 0 Å². The Morgan fingerprint density at radius 3 is 1.82 bits per heavy atom. The van der Waals surface area contributed by atoms with E-state index in [-0.39, 0.29) is 50.2 Å². The molecule has 6 heteroatoms. The number of para-hydroxylation sites is 1. The van der Waals surface area contributed by atoms with Crippen molar-refractivity contribution < 1.29 is 25.8 Å². The maximum Gasteiger partial charge on any atom is 0.135 e. The summed E-state index contributed by atoms with van der Waals surface area (Å²) in [6.45, 7) is 27.9. The van der Waals surface area contributed by atoms with Crippen LogP contribution in [-0.2, 0) is 42.7 Å². The van der Waals surface area contributed by atoms with Crippen LogP contribution in [0.3, 0.4) is 0 Å². The number of ether oxygens (including phenoxy) is 1. The van der Waals surface area contributed by atoms with E-state index < -0.39 is 0 Å². The molecule has 320 valence electrons. The van der Waals surface area contributed by atoms with Crippen LogP contribution in [0.5, 0.6) is 11.5 Å². The minimum absolute atomic E-state index is 0. The van der Waals surface area contributed by atoms with Gasteiger partial charge >= 0.3 is 0 Å². The monoisotopic (exact) mass is 988 g/mol. The van der Waals surface area contributed by atoms with Crippen LogP contribution in [0.1, 0.15) is 111 Å². The van der Waals surface area contributed by atoms with Gasteiger partial charge in [-0.05, 0) is 79.6 Å². The second kappa shape index (κ2) is 16.6. The minimum Gasteiger partial charge on any atom is -0.509 e. The van der Waals surface area contributed by atoms with Crippen molar-refractivity contribution >= 4 is 38.9 Å². The van der Waals surface area contributed by atoms with E-state index >= 15 is 0 Å². The predicted molar refractivity (Wildman–Crippen MR) is 255 cm³/mol. The fraction of sp³-hybridized carbons (Fsp3) is 0.309. The first-order valence-electron chi connectivity index (χ1n) is 20.9. The third-order valence-electron chi connectivity index (χ3n) is 11.5. The third-order valence-corrected chi connectivity index (χ3v) is 11.5. The molecule has 0 saturated heterocycles. The van der Waals surface area contributed by atoms with E-state index in [1.54, 1.807) is 0 Å². The molecule has 0 atom stereocenters. The first kappa shape index (κ1) is 45.4. The number of hydrogen-bond acceptors (Lipinski definition) is 4. The van der Waals surface area contributed by atoms with Crippen LogP contribution in [-0.4, -0.2) is 16.2 Å². The summed E-state index contributed by atoms with van der Waals surface area (Å²) in [5.74, 6) is 2.13. The molecule has 3 heterocycles. The molecule has 0 bridgehead atoms. The van der Waals surface area contributed by atoms with Gasteiger partial charge < -0.3 is 26.5 Å². The molecule has 1 aliphatic heterocycles. The largest absolute Gasteiger partial charge is 0.509 e. The van der Waals surface area contributed by atoms with Crippen LogP contribution in [0, 0.1) is 19.6 Å². The van der Waals surface area contributed by atoms with E-state index in [4.69, 9.17) is 9.72 Å². The molecule has 5 nitrogen and oxygen atoms in total. The zero-order chi connectivity index (χ0) is 42.1. The summed E-state index contributed by atoms with van der Waals surface area (Å²) in [5, 5.41) is 2.25. The maximum absolute atomic E-state index is 6.84. The second-order valence-electron chi connectivity index (χ2n) is 20.2. The van der Waals surface area contributed by atoms with Gasteiger partial charge in [-0.15, -0.1) is 41.3 Å². The standard InChI is InChI=1S/C54H58N4O.CH3.Pt/c1-51(2,3)37-24-25-55-50(31-37)58-47-21-17-16-20-45(47)46-23-22-43(33-48(46)58)59-44-30-40(54(10,11)12)29-42(32-44)57-35-56(34-49(57)36-18-14-13-15-19-36)41-27-38(52(4,5)6)26-39(28-41)53(7,8)9;;/h13-31,34H,35H2,1-12H3;1H3;/q-2;-1;. The van der Waals surface area contributed by atoms with Crippen molar-refractivity contribution in [3.8, 4) is 17.3 Å². The van der Waals surface area contributed by atoms with Gasteiger partial charge in [-0.3, -0.25) is 0 Å². The van der Waals surface area contributed by atoms with E-state index in [1.807, 2.05) is 12.3 Å². The Bertz CT molecular complexity index is 2680. The fourth-order valence-electron chi connectivity index (χ4n) is 7.79. The quantitative estimate of drug-likeness (QED) is 0.156. The fourth-order valence-corrected chi connectivity index (χ4v) is 7.79. The Kier molecular flexibility index (Phi) is 12.4. The summed E-state index contributed by atoms with van der Waals surface area (Å²) in [6, 6.07) is 46.6. The van der Waals surface area contributed by atoms with Crippen molar-refractivity contribution in [2.75, 3.05) is 16.5 Å². The predicted octanol–water partition coefficient (Wildman–Crippen LogP) is 14.5. The number of anilines is 2. The third kappa shape index (κ3) is 9.24. The van der Waals surface area contributed by atoms with Crippen LogP contribution in [0.15, 0.2) is 122 Å². The van der Waals surface area contributed by atoms with Gasteiger partial charge in [0.05, 0.1) is 12.4 Å². The van der Waals surface area contributed by atoms with Gasteiger partial charge in [0.15, 0.2) is 0 Å². The van der Waals surface area contributed by atoms with Crippen LogP contribution in [0.2, 0.25) is 0 Å². The molecule has 0 unspecified atom stereocenters. The number of rotatable bonds is 6. The van der Waals surface area contributed by atoms with Crippen molar-refractivity contribution in [2.45, 2.75) is 105 Å². The molecule has 0 N–H and O–H groups in total. The summed E-state index contributed by atoms with van der Waals surface area (Å²) in [6.07, 6.45) is 4.21. The van der Waals surface area contributed by atoms with E-state index in [2.05, 4.69) is 219 Å². The molecule has 1 aliphatic rings. The number of nitrogens with zero attached hydrogens (tertiary/aromatic N) is 4. The van der Waals surface area contributed by atoms with Gasteiger partial charge in [-0.1, -0.05) is 149 Å². The smallest absolute Gasteiger partial charge is 0.135 e. The Morgan fingerprint density at radius 1 is 0.574 bits per heavy atom. The number of fused-ring (bicyclic) bond motifs is 3. The Morgan fingerprint density at radius 2 is 1.18 bits per heavy atom. The summed E-state index contributed by atoms with van der Waals surface area (Å²) in [5.41, 5.74) is 11.3. The summed E-state index contributed by atoms with van der Waals surface area (Å²) >= 11 is 0. The Hall–Kier alpha value is -5.12. The number of hydrogen-bond donors (Lipinski definition) is 0. The zero-order valence-electron chi connectivity index (χ0n) is 38.3. The van der Waals surface area contributed by atoms with Gasteiger partial charge in [0.2, 0.25) is 0 Å².